The van der Waals surface area contributed by atoms with E-state index in [-0.39, 0.29) is 35.7 Å². The van der Waals surface area contributed by atoms with E-state index in [1.165, 1.54) is 0 Å². The van der Waals surface area contributed by atoms with Gasteiger partial charge in [0, 0.05) is 36.2 Å². The number of benzene rings is 1. The molecule has 1 aliphatic carbocycles. The maximum atomic E-state index is 12.9. The lowest BCUT2D eigenvalue weighted by molar-refractivity contribution is -0.119. The van der Waals surface area contributed by atoms with Gasteiger partial charge in [0.05, 0.1) is 29.4 Å². The van der Waals surface area contributed by atoms with Crippen LogP contribution >= 0.6 is 9.24 Å². The summed E-state index contributed by atoms with van der Waals surface area (Å²) in [5.41, 5.74) is 5.47. The van der Waals surface area contributed by atoms with Crippen LogP contribution in [0.2, 0.25) is 0 Å². The number of nitriles is 1. The summed E-state index contributed by atoms with van der Waals surface area (Å²) in [7, 11) is 2.74. The van der Waals surface area contributed by atoms with Gasteiger partial charge >= 0.3 is 0 Å². The van der Waals surface area contributed by atoms with Gasteiger partial charge in [-0.1, -0.05) is 24.6 Å². The molecule has 2 fully saturated rings. The number of nitrogens with zero attached hydrogens (tertiary/aromatic N) is 5. The van der Waals surface area contributed by atoms with Gasteiger partial charge in [0.15, 0.2) is 0 Å². The van der Waals surface area contributed by atoms with Crippen molar-refractivity contribution in [1.29, 1.82) is 5.26 Å². The monoisotopic (exact) mass is 528 g/mol. The number of carbonyl (C=O) groups is 2. The summed E-state index contributed by atoms with van der Waals surface area (Å²) >= 11 is 0. The zero-order valence-electron chi connectivity index (χ0n) is 22.2. The van der Waals surface area contributed by atoms with E-state index in [0.29, 0.717) is 23.5 Å². The highest BCUT2D eigenvalue weighted by molar-refractivity contribution is 7.28. The Morgan fingerprint density at radius 1 is 1.26 bits per heavy atom. The molecule has 0 radical (unpaired) electrons. The van der Waals surface area contributed by atoms with Crippen molar-refractivity contribution in [3.63, 3.8) is 0 Å². The second-order valence-corrected chi connectivity index (χ2v) is 11.3. The molecule has 2 aliphatic rings. The molecular formula is C29H33N6O2P. The number of anilines is 1. The lowest BCUT2D eigenvalue weighted by Crippen LogP contribution is -2.43. The summed E-state index contributed by atoms with van der Waals surface area (Å²) in [6, 6.07) is 8.15. The highest BCUT2D eigenvalue weighted by atomic mass is 31.0. The number of hydrogen-bond acceptors (Lipinski definition) is 5. The normalized spacial score (nSPS) is 21.6. The summed E-state index contributed by atoms with van der Waals surface area (Å²) < 4.78 is 1.78. The smallest absolute Gasteiger partial charge is 0.254 e. The van der Waals surface area contributed by atoms with Crippen molar-refractivity contribution < 1.29 is 9.59 Å². The van der Waals surface area contributed by atoms with E-state index in [9.17, 15) is 14.9 Å². The van der Waals surface area contributed by atoms with Crippen LogP contribution in [0, 0.1) is 31.1 Å². The number of nitrogens with one attached hydrogen (secondary N) is 1. The standard InChI is InChI=1S/C29H33N6O2P/c1-16-5-6-20(12-30)24(9-16)21-10-23(11-21)33-28(36)22-13-32-35(15-22)19(4)25-14-31-27(26(38)18(25)3)34-8-7-17(2)29(34)37/h5-6,9,13-15,17,19,21,23H,7-8,10-11,38H2,1-4H3,(H,33,36)/t17-,19?,21?,23?/m0/s1. The van der Waals surface area contributed by atoms with Gasteiger partial charge in [0.2, 0.25) is 5.91 Å². The number of carbonyl (C=O) groups excluding carboxylic acids is 2. The molecule has 8 nitrogen and oxygen atoms in total. The second kappa shape index (κ2) is 10.3. The molecule has 3 atom stereocenters. The topological polar surface area (TPSA) is 104 Å². The van der Waals surface area contributed by atoms with Gasteiger partial charge in [0.1, 0.15) is 5.82 Å². The number of amides is 2. The highest BCUT2D eigenvalue weighted by Crippen LogP contribution is 2.39. The fourth-order valence-electron chi connectivity index (χ4n) is 5.48. The van der Waals surface area contributed by atoms with E-state index < -0.39 is 0 Å². The second-order valence-electron chi connectivity index (χ2n) is 10.7. The largest absolute Gasteiger partial charge is 0.349 e. The third-order valence-corrected chi connectivity index (χ3v) is 8.78. The molecule has 196 valence electrons. The summed E-state index contributed by atoms with van der Waals surface area (Å²) in [6.45, 7) is 8.72. The van der Waals surface area contributed by atoms with Gasteiger partial charge in [-0.15, -0.1) is 9.24 Å². The Morgan fingerprint density at radius 3 is 2.71 bits per heavy atom. The van der Waals surface area contributed by atoms with Crippen molar-refractivity contribution >= 4 is 32.2 Å². The molecule has 1 aromatic carbocycles. The Labute approximate surface area is 225 Å². The Morgan fingerprint density at radius 2 is 2.03 bits per heavy atom. The lowest BCUT2D eigenvalue weighted by Gasteiger charge is -2.36. The molecule has 38 heavy (non-hydrogen) atoms. The Hall–Kier alpha value is -3.56. The van der Waals surface area contributed by atoms with Gasteiger partial charge in [-0.2, -0.15) is 10.4 Å². The molecule has 1 N–H and O–H groups in total. The molecule has 3 aromatic rings. The van der Waals surface area contributed by atoms with E-state index in [0.717, 1.165) is 46.8 Å². The third kappa shape index (κ3) is 4.72. The SMILES string of the molecule is Cc1ccc(C#N)c(C2CC(NC(=O)c3cnn(C(C)c4cnc(N5CC[C@H](C)C5=O)c(P)c4C)c3)C2)c1. The van der Waals surface area contributed by atoms with E-state index in [1.54, 1.807) is 22.0 Å². The number of rotatable bonds is 6. The number of aryl methyl sites for hydroxylation is 1. The number of pyridine rings is 1. The van der Waals surface area contributed by atoms with E-state index >= 15 is 0 Å². The summed E-state index contributed by atoms with van der Waals surface area (Å²) in [5.74, 6) is 0.986. The van der Waals surface area contributed by atoms with Crippen molar-refractivity contribution in [1.82, 2.24) is 20.1 Å². The van der Waals surface area contributed by atoms with Crippen LogP contribution in [0.1, 0.15) is 83.2 Å². The third-order valence-electron chi connectivity index (χ3n) is 8.08. The Balaban J connectivity index is 1.24. The van der Waals surface area contributed by atoms with Crippen molar-refractivity contribution in [2.75, 3.05) is 11.4 Å². The van der Waals surface area contributed by atoms with Crippen molar-refractivity contribution in [2.45, 2.75) is 65.0 Å². The first-order valence-electron chi connectivity index (χ1n) is 13.1. The zero-order valence-corrected chi connectivity index (χ0v) is 23.4. The Bertz CT molecular complexity index is 1450. The quantitative estimate of drug-likeness (QED) is 0.489. The van der Waals surface area contributed by atoms with E-state index in [4.69, 9.17) is 0 Å². The maximum Gasteiger partial charge on any atom is 0.254 e. The summed E-state index contributed by atoms with van der Waals surface area (Å²) in [4.78, 5) is 31.9. The first kappa shape index (κ1) is 26.1. The average molecular weight is 529 g/mol. The van der Waals surface area contributed by atoms with Gasteiger partial charge in [-0.3, -0.25) is 19.2 Å². The molecule has 2 aromatic heterocycles. The van der Waals surface area contributed by atoms with Crippen LogP contribution in [0.25, 0.3) is 0 Å². The predicted molar refractivity (Wildman–Crippen MR) is 150 cm³/mol. The first-order valence-corrected chi connectivity index (χ1v) is 13.7. The zero-order chi connectivity index (χ0) is 27.1. The van der Waals surface area contributed by atoms with Crippen LogP contribution in [0.4, 0.5) is 5.82 Å². The summed E-state index contributed by atoms with van der Waals surface area (Å²) in [6.07, 6.45) is 7.66. The molecule has 9 heteroatoms. The van der Waals surface area contributed by atoms with Gasteiger partial charge < -0.3 is 5.32 Å². The molecule has 0 bridgehead atoms. The van der Waals surface area contributed by atoms with Crippen LogP contribution in [0.5, 0.6) is 0 Å². The fraction of sp³-hybridized carbons (Fsp3) is 0.414. The van der Waals surface area contributed by atoms with Crippen LogP contribution < -0.4 is 15.5 Å². The maximum absolute atomic E-state index is 12.9. The van der Waals surface area contributed by atoms with Crippen molar-refractivity contribution in [3.8, 4) is 6.07 Å². The fourth-order valence-corrected chi connectivity index (χ4v) is 5.88. The van der Waals surface area contributed by atoms with E-state index in [1.807, 2.05) is 46.0 Å². The van der Waals surface area contributed by atoms with Gasteiger partial charge in [0.25, 0.3) is 5.91 Å². The van der Waals surface area contributed by atoms with Gasteiger partial charge in [-0.05, 0) is 68.7 Å². The van der Waals surface area contributed by atoms with Crippen molar-refractivity contribution in [2.24, 2.45) is 5.92 Å². The molecule has 3 heterocycles. The molecule has 0 spiro atoms. The van der Waals surface area contributed by atoms with E-state index in [2.05, 4.69) is 36.8 Å². The molecular weight excluding hydrogens is 495 g/mol. The minimum Gasteiger partial charge on any atom is -0.349 e. The average Bonchev–Trinajstić information content (AvgIpc) is 3.50. The minimum absolute atomic E-state index is 0.0251. The van der Waals surface area contributed by atoms with Crippen LogP contribution in [0.3, 0.4) is 0 Å². The first-order chi connectivity index (χ1) is 18.2. The molecule has 2 amide bonds. The Kier molecular flexibility index (Phi) is 7.07. The lowest BCUT2D eigenvalue weighted by atomic mass is 9.74. The number of hydrogen-bond donors (Lipinski definition) is 1. The molecule has 1 saturated carbocycles. The van der Waals surface area contributed by atoms with Crippen LogP contribution in [-0.2, 0) is 4.79 Å². The highest BCUT2D eigenvalue weighted by Gasteiger charge is 2.34. The molecule has 2 unspecified atom stereocenters. The van der Waals surface area contributed by atoms with Crippen molar-refractivity contribution in [3.05, 3.63) is 70.2 Å². The molecule has 1 saturated heterocycles. The van der Waals surface area contributed by atoms with Crippen LogP contribution in [0.15, 0.2) is 36.8 Å². The molecule has 1 aliphatic heterocycles. The minimum atomic E-state index is -0.143. The predicted octanol–water partition coefficient (Wildman–Crippen LogP) is 3.93. The van der Waals surface area contributed by atoms with Gasteiger partial charge in [-0.25, -0.2) is 4.98 Å². The van der Waals surface area contributed by atoms with Crippen LogP contribution in [-0.4, -0.2) is 39.2 Å². The number of aromatic nitrogens is 3. The molecule has 5 rings (SSSR count). The summed E-state index contributed by atoms with van der Waals surface area (Å²) in [5, 5.41) is 17.9.